The topological polar surface area (TPSA) is 55.1 Å². The number of rotatable bonds is 3. The van der Waals surface area contributed by atoms with Gasteiger partial charge in [-0.3, -0.25) is 4.79 Å². The molecule has 1 aliphatic carbocycles. The minimum Gasteiger partial charge on any atom is -0.369 e. The van der Waals surface area contributed by atoms with E-state index in [9.17, 15) is 4.79 Å². The molecule has 3 heteroatoms. The van der Waals surface area contributed by atoms with Crippen LogP contribution >= 0.6 is 0 Å². The van der Waals surface area contributed by atoms with E-state index < -0.39 is 0 Å². The Morgan fingerprint density at radius 3 is 2.33 bits per heavy atom. The van der Waals surface area contributed by atoms with Gasteiger partial charge in [-0.2, -0.15) is 0 Å². The predicted octanol–water partition coefficient (Wildman–Crippen LogP) is 0.784. The Morgan fingerprint density at radius 1 is 1.25 bits per heavy atom. The SMILES string of the molecule is NC(=O)CNC1CCCCCC1. The van der Waals surface area contributed by atoms with Gasteiger partial charge in [-0.15, -0.1) is 0 Å². The molecule has 3 nitrogen and oxygen atoms in total. The highest BCUT2D eigenvalue weighted by Crippen LogP contribution is 2.16. The van der Waals surface area contributed by atoms with Gasteiger partial charge in [0, 0.05) is 6.04 Å². The largest absolute Gasteiger partial charge is 0.369 e. The van der Waals surface area contributed by atoms with Gasteiger partial charge < -0.3 is 11.1 Å². The number of hydrogen-bond acceptors (Lipinski definition) is 2. The fourth-order valence-corrected chi connectivity index (χ4v) is 1.73. The van der Waals surface area contributed by atoms with Crippen molar-refractivity contribution in [2.24, 2.45) is 5.73 Å². The van der Waals surface area contributed by atoms with Crippen molar-refractivity contribution in [2.75, 3.05) is 6.54 Å². The zero-order chi connectivity index (χ0) is 8.81. The molecule has 0 unspecified atom stereocenters. The van der Waals surface area contributed by atoms with Crippen molar-refractivity contribution in [3.05, 3.63) is 0 Å². The Labute approximate surface area is 73.7 Å². The molecule has 1 aliphatic rings. The van der Waals surface area contributed by atoms with Crippen LogP contribution in [0.25, 0.3) is 0 Å². The summed E-state index contributed by atoms with van der Waals surface area (Å²) in [5.74, 6) is -0.251. The second-order valence-electron chi connectivity index (χ2n) is 3.54. The highest BCUT2D eigenvalue weighted by atomic mass is 16.1. The van der Waals surface area contributed by atoms with Crippen molar-refractivity contribution < 1.29 is 4.79 Å². The van der Waals surface area contributed by atoms with E-state index in [1.54, 1.807) is 0 Å². The lowest BCUT2D eigenvalue weighted by Gasteiger charge is -2.14. The van der Waals surface area contributed by atoms with E-state index >= 15 is 0 Å². The maximum atomic E-state index is 10.5. The van der Waals surface area contributed by atoms with E-state index in [2.05, 4.69) is 5.32 Å². The van der Waals surface area contributed by atoms with Gasteiger partial charge in [-0.05, 0) is 12.8 Å². The number of nitrogens with two attached hydrogens (primary N) is 1. The Morgan fingerprint density at radius 2 is 1.83 bits per heavy atom. The fraction of sp³-hybridized carbons (Fsp3) is 0.889. The minimum atomic E-state index is -0.251. The monoisotopic (exact) mass is 170 g/mol. The van der Waals surface area contributed by atoms with Crippen LogP contribution < -0.4 is 11.1 Å². The number of carbonyl (C=O) groups is 1. The summed E-state index contributed by atoms with van der Waals surface area (Å²) in [4.78, 5) is 10.5. The smallest absolute Gasteiger partial charge is 0.231 e. The third-order valence-electron chi connectivity index (χ3n) is 2.42. The molecule has 70 valence electrons. The zero-order valence-corrected chi connectivity index (χ0v) is 7.51. The van der Waals surface area contributed by atoms with Crippen LogP contribution in [0.5, 0.6) is 0 Å². The second kappa shape index (κ2) is 5.14. The first-order chi connectivity index (χ1) is 5.79. The predicted molar refractivity (Wildman–Crippen MR) is 48.7 cm³/mol. The first kappa shape index (κ1) is 9.52. The third kappa shape index (κ3) is 3.72. The zero-order valence-electron chi connectivity index (χ0n) is 7.51. The summed E-state index contributed by atoms with van der Waals surface area (Å²) >= 11 is 0. The average molecular weight is 170 g/mol. The van der Waals surface area contributed by atoms with Crippen LogP contribution in [-0.2, 0) is 4.79 Å². The van der Waals surface area contributed by atoms with Crippen molar-refractivity contribution >= 4 is 5.91 Å². The molecule has 0 aromatic carbocycles. The van der Waals surface area contributed by atoms with Crippen LogP contribution in [0.1, 0.15) is 38.5 Å². The van der Waals surface area contributed by atoms with Crippen molar-refractivity contribution in [2.45, 2.75) is 44.6 Å². The number of carbonyl (C=O) groups excluding carboxylic acids is 1. The van der Waals surface area contributed by atoms with Gasteiger partial charge in [0.15, 0.2) is 0 Å². The Kier molecular flexibility index (Phi) is 4.08. The molecular formula is C9H18N2O. The maximum absolute atomic E-state index is 10.5. The Balaban J connectivity index is 2.16. The molecule has 0 saturated heterocycles. The van der Waals surface area contributed by atoms with Gasteiger partial charge in [0.2, 0.25) is 5.91 Å². The molecule has 1 saturated carbocycles. The van der Waals surface area contributed by atoms with Crippen molar-refractivity contribution in [1.29, 1.82) is 0 Å². The van der Waals surface area contributed by atoms with Crippen LogP contribution in [0, 0.1) is 0 Å². The van der Waals surface area contributed by atoms with E-state index in [1.165, 1.54) is 38.5 Å². The molecule has 0 radical (unpaired) electrons. The van der Waals surface area contributed by atoms with Crippen LogP contribution in [-0.4, -0.2) is 18.5 Å². The molecule has 3 N–H and O–H groups in total. The highest BCUT2D eigenvalue weighted by Gasteiger charge is 2.11. The summed E-state index contributed by atoms with van der Waals surface area (Å²) in [7, 11) is 0. The quantitative estimate of drug-likeness (QED) is 0.615. The minimum absolute atomic E-state index is 0.251. The van der Waals surface area contributed by atoms with Gasteiger partial charge in [-0.25, -0.2) is 0 Å². The van der Waals surface area contributed by atoms with Gasteiger partial charge in [0.05, 0.1) is 6.54 Å². The van der Waals surface area contributed by atoms with Crippen molar-refractivity contribution in [1.82, 2.24) is 5.32 Å². The van der Waals surface area contributed by atoms with Crippen molar-refractivity contribution in [3.63, 3.8) is 0 Å². The molecular weight excluding hydrogens is 152 g/mol. The number of amides is 1. The van der Waals surface area contributed by atoms with E-state index in [1.807, 2.05) is 0 Å². The summed E-state index contributed by atoms with van der Waals surface area (Å²) in [5.41, 5.74) is 5.05. The third-order valence-corrected chi connectivity index (χ3v) is 2.42. The molecule has 0 aromatic rings. The van der Waals surface area contributed by atoms with Gasteiger partial charge in [0.25, 0.3) is 0 Å². The van der Waals surface area contributed by atoms with Gasteiger partial charge >= 0.3 is 0 Å². The summed E-state index contributed by atoms with van der Waals surface area (Å²) in [6.07, 6.45) is 7.66. The van der Waals surface area contributed by atoms with Crippen LogP contribution in [0.15, 0.2) is 0 Å². The molecule has 12 heavy (non-hydrogen) atoms. The van der Waals surface area contributed by atoms with E-state index in [0.29, 0.717) is 12.6 Å². The lowest BCUT2D eigenvalue weighted by Crippen LogP contribution is -2.36. The van der Waals surface area contributed by atoms with Crippen molar-refractivity contribution in [3.8, 4) is 0 Å². The number of hydrogen-bond donors (Lipinski definition) is 2. The molecule has 0 bridgehead atoms. The fourth-order valence-electron chi connectivity index (χ4n) is 1.73. The first-order valence-electron chi connectivity index (χ1n) is 4.81. The summed E-state index contributed by atoms with van der Waals surface area (Å²) in [6.45, 7) is 0.338. The molecule has 1 rings (SSSR count). The molecule has 1 amide bonds. The maximum Gasteiger partial charge on any atom is 0.231 e. The number of nitrogens with one attached hydrogen (secondary N) is 1. The van der Waals surface area contributed by atoms with E-state index in [-0.39, 0.29) is 5.91 Å². The average Bonchev–Trinajstić information content (AvgIpc) is 2.28. The summed E-state index contributed by atoms with van der Waals surface area (Å²) in [6, 6.07) is 0.528. The van der Waals surface area contributed by atoms with Gasteiger partial charge in [0.1, 0.15) is 0 Å². The lowest BCUT2D eigenvalue weighted by atomic mass is 10.1. The second-order valence-corrected chi connectivity index (χ2v) is 3.54. The molecule has 0 spiro atoms. The summed E-state index contributed by atoms with van der Waals surface area (Å²) < 4.78 is 0. The highest BCUT2D eigenvalue weighted by molar-refractivity contribution is 5.75. The first-order valence-corrected chi connectivity index (χ1v) is 4.81. The molecule has 0 aromatic heterocycles. The van der Waals surface area contributed by atoms with E-state index in [0.717, 1.165) is 0 Å². The standard InChI is InChI=1S/C9H18N2O/c10-9(12)7-11-8-5-3-1-2-4-6-8/h8,11H,1-7H2,(H2,10,12). The Bertz CT molecular complexity index is 139. The van der Waals surface area contributed by atoms with E-state index in [4.69, 9.17) is 5.73 Å². The van der Waals surface area contributed by atoms with Crippen LogP contribution in [0.4, 0.5) is 0 Å². The molecule has 0 heterocycles. The number of primary amides is 1. The van der Waals surface area contributed by atoms with Gasteiger partial charge in [-0.1, -0.05) is 25.7 Å². The lowest BCUT2D eigenvalue weighted by molar-refractivity contribution is -0.117. The van der Waals surface area contributed by atoms with Crippen LogP contribution in [0.2, 0.25) is 0 Å². The molecule has 1 fully saturated rings. The molecule has 0 atom stereocenters. The molecule has 0 aliphatic heterocycles. The Hall–Kier alpha value is -0.570. The van der Waals surface area contributed by atoms with Crippen LogP contribution in [0.3, 0.4) is 0 Å². The summed E-state index contributed by atoms with van der Waals surface area (Å²) in [5, 5.41) is 3.19. The normalized spacial score (nSPS) is 20.3.